The van der Waals surface area contributed by atoms with Crippen molar-refractivity contribution >= 4 is 5.97 Å². The zero-order valence-electron chi connectivity index (χ0n) is 15.5. The van der Waals surface area contributed by atoms with E-state index in [0.29, 0.717) is 11.1 Å². The number of benzene rings is 2. The Hall–Kier alpha value is -2.99. The van der Waals surface area contributed by atoms with Crippen LogP contribution in [0.15, 0.2) is 36.4 Å². The highest BCUT2D eigenvalue weighted by Crippen LogP contribution is 2.44. The molecular weight excluding hydrogens is 348 g/mol. The number of esters is 1. The molecule has 1 aliphatic rings. The van der Waals surface area contributed by atoms with Crippen molar-refractivity contribution in [1.82, 2.24) is 0 Å². The largest absolute Gasteiger partial charge is 0.504 e. The summed E-state index contributed by atoms with van der Waals surface area (Å²) < 4.78 is 16.8. The number of aliphatic hydroxyl groups excluding tert-OH is 1. The van der Waals surface area contributed by atoms with Gasteiger partial charge in [-0.2, -0.15) is 0 Å². The molecule has 6 heteroatoms. The van der Waals surface area contributed by atoms with Crippen LogP contribution in [0, 0.1) is 6.92 Å². The van der Waals surface area contributed by atoms with Gasteiger partial charge in [-0.05, 0) is 37.6 Å². The van der Waals surface area contributed by atoms with Crippen LogP contribution in [0.1, 0.15) is 39.9 Å². The molecule has 0 bridgehead atoms. The number of hydrogen-bond acceptors (Lipinski definition) is 6. The van der Waals surface area contributed by atoms with Crippen molar-refractivity contribution in [3.05, 3.63) is 58.7 Å². The number of carbonyl (C=O) groups excluding carboxylic acids is 1. The number of carbonyl (C=O) groups is 1. The van der Waals surface area contributed by atoms with Crippen LogP contribution in [0.25, 0.3) is 0 Å². The van der Waals surface area contributed by atoms with E-state index in [-0.39, 0.29) is 41.8 Å². The van der Waals surface area contributed by atoms with Crippen molar-refractivity contribution in [2.24, 2.45) is 0 Å². The fourth-order valence-corrected chi connectivity index (χ4v) is 3.25. The first-order valence-electron chi connectivity index (χ1n) is 8.52. The molecule has 2 aromatic carbocycles. The second-order valence-electron chi connectivity index (χ2n) is 6.59. The second kappa shape index (κ2) is 7.32. The number of fused-ring (bicyclic) bond motifs is 2. The number of methoxy groups -OCH3 is 1. The zero-order chi connectivity index (χ0) is 19.7. The molecule has 0 spiro atoms. The second-order valence-corrected chi connectivity index (χ2v) is 6.59. The Bertz CT molecular complexity index is 915. The lowest BCUT2D eigenvalue weighted by atomic mass is 9.91. The van der Waals surface area contributed by atoms with Gasteiger partial charge in [0.15, 0.2) is 11.5 Å². The molecule has 27 heavy (non-hydrogen) atoms. The van der Waals surface area contributed by atoms with Gasteiger partial charge in [0.05, 0.1) is 13.7 Å². The van der Waals surface area contributed by atoms with Gasteiger partial charge in [-0.25, -0.2) is 4.79 Å². The van der Waals surface area contributed by atoms with E-state index in [2.05, 4.69) is 6.58 Å². The Balaban J connectivity index is 2.20. The highest BCUT2D eigenvalue weighted by atomic mass is 16.5. The molecule has 0 radical (unpaired) electrons. The number of ether oxygens (including phenoxy) is 3. The molecule has 1 heterocycles. The maximum Gasteiger partial charge on any atom is 0.346 e. The predicted molar refractivity (Wildman–Crippen MR) is 99.7 cm³/mol. The summed E-state index contributed by atoms with van der Waals surface area (Å²) in [6, 6.07) is 6.69. The van der Waals surface area contributed by atoms with Crippen molar-refractivity contribution < 1.29 is 29.2 Å². The van der Waals surface area contributed by atoms with Gasteiger partial charge in [0.25, 0.3) is 0 Å². The van der Waals surface area contributed by atoms with Crippen LogP contribution < -0.4 is 9.47 Å². The predicted octanol–water partition coefficient (Wildman–Crippen LogP) is 3.82. The standard InChI is InChI=1S/C21H22O6/c1-11(2)15(9-22)14-5-6-17-18(20(14)25-4)21(24)26-10-13-7-12(3)8-16(23)19(13)27-17/h5-8,15,22-23H,1,9-10H2,2-4H3. The highest BCUT2D eigenvalue weighted by molar-refractivity contribution is 5.97. The summed E-state index contributed by atoms with van der Waals surface area (Å²) in [6.45, 7) is 7.30. The van der Waals surface area contributed by atoms with E-state index < -0.39 is 11.9 Å². The maximum atomic E-state index is 12.7. The summed E-state index contributed by atoms with van der Waals surface area (Å²) in [6.07, 6.45) is 0. The van der Waals surface area contributed by atoms with Crippen LogP contribution in [0.5, 0.6) is 23.0 Å². The number of aryl methyl sites for hydroxylation is 1. The third-order valence-corrected chi connectivity index (χ3v) is 4.57. The SMILES string of the molecule is C=C(C)C(CO)c1ccc2c(c1OC)C(=O)OCc1cc(C)cc(O)c1O2. The fraction of sp³-hybridized carbons (Fsp3) is 0.286. The monoisotopic (exact) mass is 370 g/mol. The van der Waals surface area contributed by atoms with Crippen molar-refractivity contribution in [3.8, 4) is 23.0 Å². The van der Waals surface area contributed by atoms with Crippen LogP contribution in [0.4, 0.5) is 0 Å². The van der Waals surface area contributed by atoms with E-state index in [9.17, 15) is 15.0 Å². The normalized spacial score (nSPS) is 14.0. The Labute approximate surface area is 157 Å². The molecule has 0 fully saturated rings. The summed E-state index contributed by atoms with van der Waals surface area (Å²) in [5.41, 5.74) is 2.85. The van der Waals surface area contributed by atoms with Crippen molar-refractivity contribution in [1.29, 1.82) is 0 Å². The quantitative estimate of drug-likeness (QED) is 0.629. The summed E-state index contributed by atoms with van der Waals surface area (Å²) in [7, 11) is 1.44. The summed E-state index contributed by atoms with van der Waals surface area (Å²) in [5.74, 6) is -0.329. The first-order valence-corrected chi connectivity index (χ1v) is 8.52. The molecule has 2 N–H and O–H groups in total. The average Bonchev–Trinajstić information content (AvgIpc) is 2.61. The van der Waals surface area contributed by atoms with Gasteiger partial charge in [-0.1, -0.05) is 18.2 Å². The molecule has 142 valence electrons. The molecule has 1 unspecified atom stereocenters. The van der Waals surface area contributed by atoms with Crippen LogP contribution >= 0.6 is 0 Å². The number of hydrogen-bond donors (Lipinski definition) is 2. The molecule has 0 aromatic heterocycles. The third-order valence-electron chi connectivity index (χ3n) is 4.57. The van der Waals surface area contributed by atoms with E-state index in [4.69, 9.17) is 14.2 Å². The molecule has 2 aromatic rings. The maximum absolute atomic E-state index is 12.7. The Kier molecular flexibility index (Phi) is 5.10. The number of aromatic hydroxyl groups is 1. The van der Waals surface area contributed by atoms with E-state index >= 15 is 0 Å². The van der Waals surface area contributed by atoms with Gasteiger partial charge in [0.1, 0.15) is 23.7 Å². The number of cyclic esters (lactones) is 1. The third kappa shape index (κ3) is 3.36. The van der Waals surface area contributed by atoms with Crippen molar-refractivity contribution in [2.75, 3.05) is 13.7 Å². The van der Waals surface area contributed by atoms with Crippen LogP contribution in [0.2, 0.25) is 0 Å². The van der Waals surface area contributed by atoms with Crippen LogP contribution in [-0.2, 0) is 11.3 Å². The van der Waals surface area contributed by atoms with Crippen LogP contribution in [0.3, 0.4) is 0 Å². The Morgan fingerprint density at radius 3 is 2.74 bits per heavy atom. The van der Waals surface area contributed by atoms with Gasteiger partial charge in [0, 0.05) is 17.0 Å². The summed E-state index contributed by atoms with van der Waals surface area (Å²) in [5, 5.41) is 20.0. The smallest absolute Gasteiger partial charge is 0.346 e. The fourth-order valence-electron chi connectivity index (χ4n) is 3.25. The van der Waals surface area contributed by atoms with E-state index in [1.54, 1.807) is 31.2 Å². The minimum Gasteiger partial charge on any atom is -0.504 e. The van der Waals surface area contributed by atoms with Gasteiger partial charge < -0.3 is 24.4 Å². The first kappa shape index (κ1) is 18.8. The van der Waals surface area contributed by atoms with E-state index in [1.807, 2.05) is 6.92 Å². The van der Waals surface area contributed by atoms with Gasteiger partial charge >= 0.3 is 5.97 Å². The molecule has 6 nitrogen and oxygen atoms in total. The Morgan fingerprint density at radius 2 is 2.11 bits per heavy atom. The molecule has 1 atom stereocenters. The lowest BCUT2D eigenvalue weighted by Crippen LogP contribution is -2.15. The number of phenolic OH excluding ortho intramolecular Hbond substituents is 1. The molecule has 0 aliphatic carbocycles. The number of rotatable bonds is 4. The average molecular weight is 370 g/mol. The number of aliphatic hydroxyl groups is 1. The van der Waals surface area contributed by atoms with E-state index in [0.717, 1.165) is 11.1 Å². The lowest BCUT2D eigenvalue weighted by molar-refractivity contribution is 0.0454. The molecule has 0 saturated carbocycles. The van der Waals surface area contributed by atoms with Crippen molar-refractivity contribution in [3.63, 3.8) is 0 Å². The molecule has 0 saturated heterocycles. The van der Waals surface area contributed by atoms with Gasteiger partial charge in [-0.3, -0.25) is 0 Å². The highest BCUT2D eigenvalue weighted by Gasteiger charge is 2.30. The van der Waals surface area contributed by atoms with E-state index in [1.165, 1.54) is 7.11 Å². The first-order chi connectivity index (χ1) is 12.9. The lowest BCUT2D eigenvalue weighted by Gasteiger charge is -2.24. The Morgan fingerprint density at radius 1 is 1.37 bits per heavy atom. The van der Waals surface area contributed by atoms with Gasteiger partial charge in [-0.15, -0.1) is 0 Å². The minimum atomic E-state index is -0.603. The minimum absolute atomic E-state index is 0.0351. The summed E-state index contributed by atoms with van der Waals surface area (Å²) in [4.78, 5) is 12.7. The number of phenols is 1. The van der Waals surface area contributed by atoms with Crippen LogP contribution in [-0.4, -0.2) is 29.9 Å². The molecule has 3 rings (SSSR count). The molecule has 0 amide bonds. The molecule has 1 aliphatic heterocycles. The van der Waals surface area contributed by atoms with Crippen molar-refractivity contribution in [2.45, 2.75) is 26.4 Å². The zero-order valence-corrected chi connectivity index (χ0v) is 15.5. The summed E-state index contributed by atoms with van der Waals surface area (Å²) >= 11 is 0. The molecular formula is C21H22O6. The van der Waals surface area contributed by atoms with Gasteiger partial charge in [0.2, 0.25) is 0 Å². The topological polar surface area (TPSA) is 85.2 Å².